The van der Waals surface area contributed by atoms with Gasteiger partial charge < -0.3 is 20.7 Å². The number of benzene rings is 1. The van der Waals surface area contributed by atoms with Crippen LogP contribution >= 0.6 is 36.3 Å². The van der Waals surface area contributed by atoms with Gasteiger partial charge >= 0.3 is 0 Å². The van der Waals surface area contributed by atoms with Crippen molar-refractivity contribution in [2.45, 2.75) is 25.8 Å². The molecule has 2 aliphatic rings. The predicted octanol–water partition coefficient (Wildman–Crippen LogP) is 4.08. The van der Waals surface area contributed by atoms with Gasteiger partial charge in [-0.1, -0.05) is 6.92 Å². The number of halogens is 4. The van der Waals surface area contributed by atoms with Crippen molar-refractivity contribution in [3.05, 3.63) is 46.7 Å². The van der Waals surface area contributed by atoms with Crippen LogP contribution in [0.3, 0.4) is 0 Å². The quantitative estimate of drug-likeness (QED) is 0.509. The molecule has 2 atom stereocenters. The van der Waals surface area contributed by atoms with E-state index >= 15 is 0 Å². The molecule has 0 unspecified atom stereocenters. The maximum Gasteiger partial charge on any atom is 0.286 e. The van der Waals surface area contributed by atoms with Gasteiger partial charge in [-0.15, -0.1) is 24.8 Å². The Morgan fingerprint density at radius 3 is 2.89 bits per heavy atom. The molecule has 1 amide bonds. The van der Waals surface area contributed by atoms with Crippen molar-refractivity contribution < 1.29 is 18.3 Å². The van der Waals surface area contributed by atoms with Crippen molar-refractivity contribution in [1.29, 1.82) is 0 Å². The molecule has 0 bridgehead atoms. The summed E-state index contributed by atoms with van der Waals surface area (Å²) in [5.41, 5.74) is 7.56. The normalized spacial score (nSPS) is 18.7. The fraction of sp³-hybridized carbons (Fsp3) is 0.364. The van der Waals surface area contributed by atoms with Crippen molar-refractivity contribution in [3.63, 3.8) is 0 Å². The average molecular weight is 545 g/mol. The molecular weight excluding hydrogens is 521 g/mol. The highest BCUT2D eigenvalue weighted by molar-refractivity contribution is 7.08. The number of aromatic nitrogens is 3. The summed E-state index contributed by atoms with van der Waals surface area (Å²) in [6.45, 7) is 3.90. The molecule has 2 aliphatic heterocycles. The molecule has 0 radical (unpaired) electrons. The van der Waals surface area contributed by atoms with Crippen molar-refractivity contribution in [3.8, 4) is 17.1 Å². The van der Waals surface area contributed by atoms with E-state index in [1.165, 1.54) is 6.07 Å². The summed E-state index contributed by atoms with van der Waals surface area (Å²) in [5, 5.41) is 2.78. The zero-order valence-electron chi connectivity index (χ0n) is 18.7. The van der Waals surface area contributed by atoms with E-state index in [-0.39, 0.29) is 47.4 Å². The molecular formula is C22H24Cl2F2N6O2S. The monoisotopic (exact) mass is 544 g/mol. The van der Waals surface area contributed by atoms with Gasteiger partial charge in [-0.05, 0) is 36.0 Å². The Kier molecular flexibility index (Phi) is 8.47. The molecule has 35 heavy (non-hydrogen) atoms. The Bertz CT molecular complexity index is 1220. The van der Waals surface area contributed by atoms with Gasteiger partial charge in [0.1, 0.15) is 5.82 Å². The molecule has 13 heteroatoms. The van der Waals surface area contributed by atoms with Gasteiger partial charge in [0.05, 0.1) is 29.7 Å². The first-order chi connectivity index (χ1) is 15.9. The van der Waals surface area contributed by atoms with Crippen LogP contribution in [0.2, 0.25) is 0 Å². The van der Waals surface area contributed by atoms with Gasteiger partial charge in [0.15, 0.2) is 17.4 Å². The lowest BCUT2D eigenvalue weighted by atomic mass is 9.96. The molecule has 8 nitrogen and oxygen atoms in total. The van der Waals surface area contributed by atoms with Crippen LogP contribution in [-0.2, 0) is 6.42 Å². The zero-order chi connectivity index (χ0) is 23.1. The van der Waals surface area contributed by atoms with Crippen LogP contribution in [0.4, 0.5) is 20.2 Å². The van der Waals surface area contributed by atoms with Crippen LogP contribution in [0.15, 0.2) is 24.5 Å². The van der Waals surface area contributed by atoms with Crippen molar-refractivity contribution in [1.82, 2.24) is 14.3 Å². The number of pyridine rings is 1. The standard InChI is InChI=1S/C22H22F2N6O2S.2ClH/c1-11-6-13(25)10-30(9-11)16-2-4-26-8-15(16)27-21(31)22-28-20(29-33-22)17-14(23)7-12-3-5-32-19(12)18(17)24;;/h2,4,7-8,11,13H,3,5-6,9-10,25H2,1H3,(H,27,31);2*1H/t11-,13+;;/m1../s1. The second-order valence-electron chi connectivity index (χ2n) is 8.41. The molecule has 3 aromatic rings. The van der Waals surface area contributed by atoms with E-state index in [9.17, 15) is 13.6 Å². The highest BCUT2D eigenvalue weighted by Crippen LogP contribution is 2.37. The summed E-state index contributed by atoms with van der Waals surface area (Å²) >= 11 is 0.763. The molecule has 3 N–H and O–H groups in total. The molecule has 1 saturated heterocycles. The molecule has 5 rings (SSSR count). The number of hydrogen-bond donors (Lipinski definition) is 2. The molecule has 0 aliphatic carbocycles. The number of nitrogens with two attached hydrogens (primary N) is 1. The minimum Gasteiger partial charge on any atom is -0.490 e. The lowest BCUT2D eigenvalue weighted by Crippen LogP contribution is -2.46. The largest absolute Gasteiger partial charge is 0.490 e. The van der Waals surface area contributed by atoms with Crippen LogP contribution in [0, 0.1) is 17.6 Å². The minimum absolute atomic E-state index is 0. The Hall–Kier alpha value is -2.60. The van der Waals surface area contributed by atoms with Crippen LogP contribution in [-0.4, -0.2) is 46.0 Å². The van der Waals surface area contributed by atoms with E-state index in [1.807, 2.05) is 6.07 Å². The number of amides is 1. The molecule has 0 saturated carbocycles. The number of fused-ring (bicyclic) bond motifs is 1. The summed E-state index contributed by atoms with van der Waals surface area (Å²) < 4.78 is 38.7. The molecule has 188 valence electrons. The summed E-state index contributed by atoms with van der Waals surface area (Å²) in [5.74, 6) is -1.94. The maximum atomic E-state index is 14.8. The molecule has 1 aromatic carbocycles. The molecule has 1 fully saturated rings. The topological polar surface area (TPSA) is 106 Å². The lowest BCUT2D eigenvalue weighted by molar-refractivity contribution is 0.102. The SMILES string of the molecule is C[C@@H]1C[C@H](N)CN(c2ccncc2NC(=O)c2nc(-c3c(F)cc4c(c3F)OCC4)ns2)C1.Cl.Cl. The van der Waals surface area contributed by atoms with Gasteiger partial charge in [0, 0.05) is 37.3 Å². The molecule has 0 spiro atoms. The third-order valence-corrected chi connectivity index (χ3v) is 6.50. The van der Waals surface area contributed by atoms with Crippen molar-refractivity contribution in [2.24, 2.45) is 11.7 Å². The van der Waals surface area contributed by atoms with E-state index in [2.05, 4.69) is 31.5 Å². The summed E-state index contributed by atoms with van der Waals surface area (Å²) in [6.07, 6.45) is 4.59. The van der Waals surface area contributed by atoms with Gasteiger partial charge in [0.25, 0.3) is 5.91 Å². The number of ether oxygens (including phenoxy) is 1. The van der Waals surface area contributed by atoms with E-state index < -0.39 is 23.1 Å². The second kappa shape index (κ2) is 11.0. The maximum absolute atomic E-state index is 14.8. The average Bonchev–Trinajstić information content (AvgIpc) is 3.43. The van der Waals surface area contributed by atoms with Gasteiger partial charge in [-0.3, -0.25) is 9.78 Å². The van der Waals surface area contributed by atoms with Crippen LogP contribution < -0.4 is 20.7 Å². The first-order valence-corrected chi connectivity index (χ1v) is 11.4. The number of nitrogens with zero attached hydrogens (tertiary/aromatic N) is 4. The Balaban J connectivity index is 0.00000171. The highest BCUT2D eigenvalue weighted by Gasteiger charge is 2.28. The third-order valence-electron chi connectivity index (χ3n) is 5.79. The zero-order valence-corrected chi connectivity index (χ0v) is 21.1. The Morgan fingerprint density at radius 2 is 2.11 bits per heavy atom. The predicted molar refractivity (Wildman–Crippen MR) is 135 cm³/mol. The number of hydrogen-bond acceptors (Lipinski definition) is 8. The third kappa shape index (κ3) is 5.32. The fourth-order valence-electron chi connectivity index (χ4n) is 4.41. The van der Waals surface area contributed by atoms with E-state index in [0.717, 1.165) is 30.2 Å². The summed E-state index contributed by atoms with van der Waals surface area (Å²) in [6, 6.07) is 3.09. The Morgan fingerprint density at radius 1 is 1.31 bits per heavy atom. The fourth-order valence-corrected chi connectivity index (χ4v) is 4.97. The van der Waals surface area contributed by atoms with E-state index in [1.54, 1.807) is 12.4 Å². The highest BCUT2D eigenvalue weighted by atomic mass is 35.5. The lowest BCUT2D eigenvalue weighted by Gasteiger charge is -2.37. The molecule has 4 heterocycles. The minimum atomic E-state index is -0.850. The summed E-state index contributed by atoms with van der Waals surface area (Å²) in [7, 11) is 0. The van der Waals surface area contributed by atoms with E-state index in [0.29, 0.717) is 36.7 Å². The number of nitrogens with one attached hydrogen (secondary N) is 1. The first-order valence-electron chi connectivity index (χ1n) is 10.6. The van der Waals surface area contributed by atoms with Crippen molar-refractivity contribution >= 4 is 53.6 Å². The molecule has 2 aromatic heterocycles. The van der Waals surface area contributed by atoms with Gasteiger partial charge in [-0.2, -0.15) is 4.37 Å². The van der Waals surface area contributed by atoms with Crippen molar-refractivity contribution in [2.75, 3.05) is 29.9 Å². The van der Waals surface area contributed by atoms with Crippen LogP contribution in [0.1, 0.15) is 28.7 Å². The van der Waals surface area contributed by atoms with Crippen LogP contribution in [0.25, 0.3) is 11.4 Å². The second-order valence-corrected chi connectivity index (χ2v) is 9.16. The first kappa shape index (κ1) is 27.0. The van der Waals surface area contributed by atoms with Crippen LogP contribution in [0.5, 0.6) is 5.75 Å². The van der Waals surface area contributed by atoms with Gasteiger partial charge in [0.2, 0.25) is 5.01 Å². The number of carbonyl (C=O) groups excluding carboxylic acids is 1. The summed E-state index contributed by atoms with van der Waals surface area (Å²) in [4.78, 5) is 23.2. The number of rotatable bonds is 4. The van der Waals surface area contributed by atoms with E-state index in [4.69, 9.17) is 10.5 Å². The number of anilines is 2. The number of piperidine rings is 1. The number of carbonyl (C=O) groups is 1. The Labute approximate surface area is 217 Å². The smallest absolute Gasteiger partial charge is 0.286 e. The van der Waals surface area contributed by atoms with Gasteiger partial charge in [-0.25, -0.2) is 13.8 Å².